The molecule has 7 heteroatoms. The fraction of sp³-hybridized carbons (Fsp3) is 0.250. The number of likely N-dealkylation sites (tertiary alicyclic amines) is 1. The van der Waals surface area contributed by atoms with E-state index in [1.165, 1.54) is 0 Å². The van der Waals surface area contributed by atoms with Gasteiger partial charge in [0, 0.05) is 31.0 Å². The average molecular weight is 404 g/mol. The molecule has 2 N–H and O–H groups in total. The lowest BCUT2D eigenvalue weighted by molar-refractivity contribution is -0.0634. The fourth-order valence-electron chi connectivity index (χ4n) is 3.34. The second-order valence-electron chi connectivity index (χ2n) is 6.73. The Morgan fingerprint density at radius 2 is 1.78 bits per heavy atom. The van der Waals surface area contributed by atoms with Crippen LogP contribution in [0.5, 0.6) is 0 Å². The number of carbonyl (C=O) groups is 1. The summed E-state index contributed by atoms with van der Waals surface area (Å²) in [5.74, 6) is 0. The molecular formula is C20H19Cl2N3O2. The first-order chi connectivity index (χ1) is 13.0. The minimum absolute atomic E-state index is 0.147. The lowest BCUT2D eigenvalue weighted by Gasteiger charge is -2.36. The summed E-state index contributed by atoms with van der Waals surface area (Å²) in [4.78, 5) is 20.2. The van der Waals surface area contributed by atoms with Crippen molar-refractivity contribution in [2.24, 2.45) is 0 Å². The van der Waals surface area contributed by atoms with Gasteiger partial charge in [0.2, 0.25) is 0 Å². The van der Waals surface area contributed by atoms with Crippen LogP contribution >= 0.6 is 23.2 Å². The molecule has 1 saturated heterocycles. The topological polar surface area (TPSA) is 53.6 Å². The van der Waals surface area contributed by atoms with Gasteiger partial charge < -0.3 is 10.2 Å². The molecule has 0 unspecified atom stereocenters. The number of benzene rings is 2. The van der Waals surface area contributed by atoms with Gasteiger partial charge in [0.1, 0.15) is 5.60 Å². The predicted octanol–water partition coefficient (Wildman–Crippen LogP) is 4.94. The summed E-state index contributed by atoms with van der Waals surface area (Å²) in [7, 11) is 0. The number of anilines is 1. The van der Waals surface area contributed by atoms with Crippen molar-refractivity contribution in [3.8, 4) is 0 Å². The van der Waals surface area contributed by atoms with Crippen LogP contribution in [0.4, 0.5) is 10.5 Å². The highest BCUT2D eigenvalue weighted by atomic mass is 35.5. The number of nitrogens with zero attached hydrogens (tertiary/aromatic N) is 1. The highest BCUT2D eigenvalue weighted by Gasteiger charge is 2.39. The Hall–Kier alpha value is -2.21. The Bertz CT molecular complexity index is 875. The number of halogens is 2. The Morgan fingerprint density at radius 1 is 1.07 bits per heavy atom. The quantitative estimate of drug-likeness (QED) is 0.746. The van der Waals surface area contributed by atoms with Crippen molar-refractivity contribution in [3.05, 3.63) is 70.2 Å². The van der Waals surface area contributed by atoms with Gasteiger partial charge >= 0.3 is 6.03 Å². The van der Waals surface area contributed by atoms with Gasteiger partial charge in [0.25, 0.3) is 0 Å². The summed E-state index contributed by atoms with van der Waals surface area (Å²) >= 11 is 12.1. The van der Waals surface area contributed by atoms with Gasteiger partial charge in [-0.05, 0) is 35.9 Å². The van der Waals surface area contributed by atoms with Crippen molar-refractivity contribution in [1.29, 1.82) is 0 Å². The summed E-state index contributed by atoms with van der Waals surface area (Å²) in [6, 6.07) is 14.7. The van der Waals surface area contributed by atoms with E-state index >= 15 is 0 Å². The van der Waals surface area contributed by atoms with E-state index in [1.807, 2.05) is 36.4 Å². The van der Waals surface area contributed by atoms with E-state index < -0.39 is 5.60 Å². The van der Waals surface area contributed by atoms with Crippen molar-refractivity contribution >= 4 is 40.6 Å². The molecule has 0 bridgehead atoms. The maximum atomic E-state index is 12.5. The number of carbonyl (C=O) groups excluding carboxylic acids is 1. The minimum Gasteiger partial charge on any atom is -0.324 e. The summed E-state index contributed by atoms with van der Waals surface area (Å²) < 4.78 is 0. The first-order valence-corrected chi connectivity index (χ1v) is 9.54. The smallest absolute Gasteiger partial charge is 0.321 e. The molecule has 2 aliphatic rings. The molecule has 5 nitrogen and oxygen atoms in total. The van der Waals surface area contributed by atoms with Crippen LogP contribution < -0.4 is 10.8 Å². The van der Waals surface area contributed by atoms with Crippen molar-refractivity contribution in [2.75, 3.05) is 18.4 Å². The molecule has 27 heavy (non-hydrogen) atoms. The van der Waals surface area contributed by atoms with Gasteiger partial charge in [-0.25, -0.2) is 4.79 Å². The van der Waals surface area contributed by atoms with Gasteiger partial charge in [-0.15, -0.1) is 0 Å². The van der Waals surface area contributed by atoms with Crippen molar-refractivity contribution in [3.63, 3.8) is 0 Å². The average Bonchev–Trinajstić information content (AvgIpc) is 3.08. The minimum atomic E-state index is -0.393. The Balaban J connectivity index is 1.39. The first kappa shape index (κ1) is 18.2. The number of nitrogens with one attached hydrogen (secondary N) is 2. The van der Waals surface area contributed by atoms with E-state index in [0.29, 0.717) is 41.7 Å². The highest BCUT2D eigenvalue weighted by Crippen LogP contribution is 2.35. The third-order valence-electron chi connectivity index (χ3n) is 4.94. The lowest BCUT2D eigenvalue weighted by atomic mass is 9.90. The summed E-state index contributed by atoms with van der Waals surface area (Å²) in [5.41, 5.74) is 5.21. The summed E-state index contributed by atoms with van der Waals surface area (Å²) in [6.45, 7) is 1.20. The molecule has 2 aromatic carbocycles. The molecule has 2 amide bonds. The predicted molar refractivity (Wildman–Crippen MR) is 108 cm³/mol. The van der Waals surface area contributed by atoms with Crippen LogP contribution in [0.3, 0.4) is 0 Å². The van der Waals surface area contributed by atoms with Gasteiger partial charge in [0.05, 0.1) is 16.4 Å². The third kappa shape index (κ3) is 3.90. The standard InChI is InChI=1S/C20H19Cl2N3O2/c21-15-7-5-14(6-8-15)18-13-20(27-24-18)9-11-25(12-10-20)19(26)23-17-4-2-1-3-16(17)22/h1-8,13,24H,9-12H2,(H,23,26). The van der Waals surface area contributed by atoms with Crippen LogP contribution in [-0.4, -0.2) is 29.6 Å². The van der Waals surface area contributed by atoms with Crippen LogP contribution in [0.1, 0.15) is 18.4 Å². The molecule has 0 aliphatic carbocycles. The van der Waals surface area contributed by atoms with E-state index in [2.05, 4.69) is 16.9 Å². The molecule has 140 valence electrons. The molecule has 1 fully saturated rings. The number of rotatable bonds is 2. The monoisotopic (exact) mass is 403 g/mol. The highest BCUT2D eigenvalue weighted by molar-refractivity contribution is 6.33. The van der Waals surface area contributed by atoms with Gasteiger partial charge in [-0.1, -0.05) is 47.5 Å². The van der Waals surface area contributed by atoms with Gasteiger partial charge in [-0.3, -0.25) is 10.3 Å². The summed E-state index contributed by atoms with van der Waals surface area (Å²) in [6.07, 6.45) is 3.54. The number of hydrogen-bond donors (Lipinski definition) is 2. The number of amides is 2. The largest absolute Gasteiger partial charge is 0.324 e. The molecule has 0 aromatic heterocycles. The Morgan fingerprint density at radius 3 is 2.48 bits per heavy atom. The van der Waals surface area contributed by atoms with Crippen LogP contribution in [0.25, 0.3) is 5.70 Å². The second-order valence-corrected chi connectivity index (χ2v) is 7.57. The fourth-order valence-corrected chi connectivity index (χ4v) is 3.65. The molecule has 2 aliphatic heterocycles. The maximum Gasteiger partial charge on any atom is 0.321 e. The van der Waals surface area contributed by atoms with Crippen molar-refractivity contribution in [1.82, 2.24) is 10.4 Å². The number of hydroxylamine groups is 1. The second kappa shape index (κ2) is 7.43. The number of piperidine rings is 1. The molecular weight excluding hydrogens is 385 g/mol. The zero-order valence-corrected chi connectivity index (χ0v) is 16.1. The van der Waals surface area contributed by atoms with Crippen molar-refractivity contribution < 1.29 is 9.63 Å². The maximum absolute atomic E-state index is 12.5. The van der Waals surface area contributed by atoms with E-state index in [9.17, 15) is 4.79 Å². The normalized spacial score (nSPS) is 18.1. The van der Waals surface area contributed by atoms with Crippen LogP contribution in [0, 0.1) is 0 Å². The molecule has 0 saturated carbocycles. The van der Waals surface area contributed by atoms with Crippen LogP contribution in [0.2, 0.25) is 10.0 Å². The summed E-state index contributed by atoms with van der Waals surface area (Å²) in [5, 5.41) is 4.10. The van der Waals surface area contributed by atoms with E-state index in [-0.39, 0.29) is 6.03 Å². The molecule has 2 aromatic rings. The number of hydrogen-bond acceptors (Lipinski definition) is 3. The zero-order chi connectivity index (χ0) is 18.9. The van der Waals surface area contributed by atoms with Crippen LogP contribution in [-0.2, 0) is 4.84 Å². The van der Waals surface area contributed by atoms with E-state index in [0.717, 1.165) is 11.3 Å². The molecule has 0 radical (unpaired) electrons. The molecule has 4 rings (SSSR count). The van der Waals surface area contributed by atoms with Crippen LogP contribution in [0.15, 0.2) is 54.6 Å². The number of para-hydroxylation sites is 1. The SMILES string of the molecule is O=C(Nc1ccccc1Cl)N1CCC2(C=C(c3ccc(Cl)cc3)NO2)CC1. The lowest BCUT2D eigenvalue weighted by Crippen LogP contribution is -2.48. The zero-order valence-electron chi connectivity index (χ0n) is 14.5. The molecule has 2 heterocycles. The third-order valence-corrected chi connectivity index (χ3v) is 5.52. The van der Waals surface area contributed by atoms with E-state index in [4.69, 9.17) is 28.0 Å². The van der Waals surface area contributed by atoms with Gasteiger partial charge in [0.15, 0.2) is 0 Å². The van der Waals surface area contributed by atoms with Crippen molar-refractivity contribution in [2.45, 2.75) is 18.4 Å². The van der Waals surface area contributed by atoms with E-state index in [1.54, 1.807) is 17.0 Å². The number of urea groups is 1. The first-order valence-electron chi connectivity index (χ1n) is 8.78. The molecule has 1 spiro atoms. The Labute approximate surface area is 167 Å². The molecule has 0 atom stereocenters. The van der Waals surface area contributed by atoms with Gasteiger partial charge in [-0.2, -0.15) is 0 Å². The Kier molecular flexibility index (Phi) is 5.00.